The molecule has 0 spiro atoms. The van der Waals surface area contributed by atoms with E-state index in [-0.39, 0.29) is 5.52 Å². The Bertz CT molecular complexity index is 879. The number of benzene rings is 1. The van der Waals surface area contributed by atoms with Gasteiger partial charge in [-0.25, -0.2) is 4.98 Å². The molecule has 1 aromatic heterocycles. The van der Waals surface area contributed by atoms with Gasteiger partial charge in [-0.2, -0.15) is 13.2 Å². The molecule has 0 N–H and O–H groups in total. The fourth-order valence-electron chi connectivity index (χ4n) is 3.11. The summed E-state index contributed by atoms with van der Waals surface area (Å²) >= 11 is 0. The predicted octanol–water partition coefficient (Wildman–Crippen LogP) is 2.84. The van der Waals surface area contributed by atoms with Gasteiger partial charge in [0.05, 0.1) is 29.0 Å². The zero-order valence-electron chi connectivity index (χ0n) is 14.7. The van der Waals surface area contributed by atoms with Gasteiger partial charge >= 0.3 is 18.1 Å². The largest absolute Gasteiger partial charge is 0.456 e. The normalized spacial score (nSPS) is 25.6. The van der Waals surface area contributed by atoms with Gasteiger partial charge in [0.1, 0.15) is 0 Å². The Hall–Kier alpha value is -2.62. The van der Waals surface area contributed by atoms with Crippen LogP contribution < -0.4 is 0 Å². The Morgan fingerprint density at radius 2 is 1.78 bits per heavy atom. The molecular formula is C17H17F3N2O5. The molecule has 1 aromatic carbocycles. The van der Waals surface area contributed by atoms with E-state index in [2.05, 4.69) is 4.98 Å². The molecular weight excluding hydrogens is 369 g/mol. The van der Waals surface area contributed by atoms with Gasteiger partial charge in [-0.1, -0.05) is 0 Å². The summed E-state index contributed by atoms with van der Waals surface area (Å²) in [6, 6.07) is 3.13. The van der Waals surface area contributed by atoms with Crippen LogP contribution in [-0.2, 0) is 30.0 Å². The van der Waals surface area contributed by atoms with E-state index in [1.807, 2.05) is 0 Å². The number of esters is 2. The zero-order valence-corrected chi connectivity index (χ0v) is 14.7. The molecule has 10 heteroatoms. The van der Waals surface area contributed by atoms with Crippen molar-refractivity contribution in [1.29, 1.82) is 0 Å². The van der Waals surface area contributed by atoms with Crippen LogP contribution in [0.25, 0.3) is 11.0 Å². The summed E-state index contributed by atoms with van der Waals surface area (Å²) in [7, 11) is 0. The fourth-order valence-corrected chi connectivity index (χ4v) is 3.11. The van der Waals surface area contributed by atoms with Gasteiger partial charge in [0.15, 0.2) is 18.4 Å². The lowest BCUT2D eigenvalue weighted by atomic mass is 10.1. The van der Waals surface area contributed by atoms with Crippen molar-refractivity contribution in [2.24, 2.45) is 0 Å². The summed E-state index contributed by atoms with van der Waals surface area (Å²) in [5, 5.41) is 0. The Balaban J connectivity index is 2.00. The van der Waals surface area contributed by atoms with E-state index in [0.717, 1.165) is 12.1 Å². The molecule has 0 saturated carbocycles. The topological polar surface area (TPSA) is 79.6 Å². The molecule has 0 bridgehead atoms. The first-order valence-corrected chi connectivity index (χ1v) is 8.11. The Kier molecular flexibility index (Phi) is 4.85. The van der Waals surface area contributed by atoms with Gasteiger partial charge < -0.3 is 18.8 Å². The highest BCUT2D eigenvalue weighted by molar-refractivity contribution is 5.76. The Morgan fingerprint density at radius 3 is 2.37 bits per heavy atom. The fraction of sp³-hybridized carbons (Fsp3) is 0.471. The van der Waals surface area contributed by atoms with Crippen LogP contribution in [0.5, 0.6) is 0 Å². The van der Waals surface area contributed by atoms with Crippen LogP contribution in [0.15, 0.2) is 24.5 Å². The summed E-state index contributed by atoms with van der Waals surface area (Å²) in [5.41, 5.74) is -0.352. The molecule has 4 atom stereocenters. The van der Waals surface area contributed by atoms with Crippen molar-refractivity contribution in [2.75, 3.05) is 0 Å². The molecule has 0 aliphatic carbocycles. The maximum Gasteiger partial charge on any atom is 0.416 e. The molecule has 3 rings (SSSR count). The third-order valence-corrected chi connectivity index (χ3v) is 4.20. The number of ether oxygens (including phenoxy) is 3. The minimum absolute atomic E-state index is 0.110. The van der Waals surface area contributed by atoms with Crippen LogP contribution >= 0.6 is 0 Å². The van der Waals surface area contributed by atoms with E-state index in [0.29, 0.717) is 5.52 Å². The monoisotopic (exact) mass is 386 g/mol. The molecule has 1 aliphatic heterocycles. The van der Waals surface area contributed by atoms with E-state index >= 15 is 0 Å². The minimum Gasteiger partial charge on any atom is -0.456 e. The number of carbonyl (C=O) groups is 2. The number of nitrogens with zero attached hydrogens (tertiary/aromatic N) is 2. The molecule has 7 nitrogen and oxygen atoms in total. The minimum atomic E-state index is -4.49. The standard InChI is InChI=1S/C17H17F3N2O5/c1-8-14(26-9(2)23)15(27-10(3)24)16(25-8)22-7-21-12-6-11(17(18,19)20)4-5-13(12)22/h4-8,14-16H,1-3H3/t8-,14-,15-,16-/m1/s1. The highest BCUT2D eigenvalue weighted by atomic mass is 19.4. The van der Waals surface area contributed by atoms with E-state index in [1.165, 1.54) is 30.8 Å². The molecule has 0 unspecified atom stereocenters. The second-order valence-electron chi connectivity index (χ2n) is 6.23. The average Bonchev–Trinajstić information content (AvgIpc) is 3.08. The molecule has 0 radical (unpaired) electrons. The zero-order chi connectivity index (χ0) is 19.9. The first-order chi connectivity index (χ1) is 12.6. The number of fused-ring (bicyclic) bond motifs is 1. The molecule has 1 aliphatic rings. The quantitative estimate of drug-likeness (QED) is 0.755. The maximum absolute atomic E-state index is 12.9. The summed E-state index contributed by atoms with van der Waals surface area (Å²) < 4.78 is 56.4. The predicted molar refractivity (Wildman–Crippen MR) is 85.4 cm³/mol. The van der Waals surface area contributed by atoms with Gasteiger partial charge in [-0.05, 0) is 25.1 Å². The second-order valence-corrected chi connectivity index (χ2v) is 6.23. The third kappa shape index (κ3) is 3.75. The van der Waals surface area contributed by atoms with Crippen molar-refractivity contribution in [1.82, 2.24) is 9.55 Å². The number of imidazole rings is 1. The van der Waals surface area contributed by atoms with Crippen molar-refractivity contribution in [3.05, 3.63) is 30.1 Å². The third-order valence-electron chi connectivity index (χ3n) is 4.20. The Morgan fingerprint density at radius 1 is 1.15 bits per heavy atom. The first kappa shape index (κ1) is 19.2. The van der Waals surface area contributed by atoms with Crippen LogP contribution in [0.4, 0.5) is 13.2 Å². The second kappa shape index (κ2) is 6.84. The molecule has 0 amide bonds. The van der Waals surface area contributed by atoms with Crippen molar-refractivity contribution >= 4 is 23.0 Å². The van der Waals surface area contributed by atoms with Crippen LogP contribution in [0, 0.1) is 0 Å². The summed E-state index contributed by atoms with van der Waals surface area (Å²) in [6.07, 6.45) is -6.53. The highest BCUT2D eigenvalue weighted by Crippen LogP contribution is 2.37. The molecule has 146 valence electrons. The SMILES string of the molecule is CC(=O)O[C@@H]1[C@H](OC(C)=O)[C@@H](C)O[C@H]1n1cnc2cc(C(F)(F)F)ccc21. The number of alkyl halides is 3. The number of carbonyl (C=O) groups excluding carboxylic acids is 2. The lowest BCUT2D eigenvalue weighted by Gasteiger charge is -2.23. The van der Waals surface area contributed by atoms with Crippen molar-refractivity contribution < 1.29 is 37.0 Å². The van der Waals surface area contributed by atoms with E-state index in [9.17, 15) is 22.8 Å². The van der Waals surface area contributed by atoms with Crippen molar-refractivity contribution in [2.45, 2.75) is 51.5 Å². The van der Waals surface area contributed by atoms with Gasteiger partial charge in [0.25, 0.3) is 0 Å². The van der Waals surface area contributed by atoms with Crippen molar-refractivity contribution in [3.8, 4) is 0 Å². The summed E-state index contributed by atoms with van der Waals surface area (Å²) in [4.78, 5) is 26.9. The first-order valence-electron chi connectivity index (χ1n) is 8.11. The molecule has 1 fully saturated rings. The number of halogens is 3. The van der Waals surface area contributed by atoms with Gasteiger partial charge in [0, 0.05) is 13.8 Å². The molecule has 2 heterocycles. The molecule has 1 saturated heterocycles. The lowest BCUT2D eigenvalue weighted by molar-refractivity contribution is -0.165. The molecule has 2 aromatic rings. The van der Waals surface area contributed by atoms with Gasteiger partial charge in [0.2, 0.25) is 0 Å². The van der Waals surface area contributed by atoms with Crippen LogP contribution in [-0.4, -0.2) is 39.8 Å². The smallest absolute Gasteiger partial charge is 0.416 e. The maximum atomic E-state index is 12.9. The van der Waals surface area contributed by atoms with Crippen LogP contribution in [0.3, 0.4) is 0 Å². The average molecular weight is 386 g/mol. The molecule has 27 heavy (non-hydrogen) atoms. The summed E-state index contributed by atoms with van der Waals surface area (Å²) in [6.45, 7) is 4.06. The van der Waals surface area contributed by atoms with E-state index in [4.69, 9.17) is 14.2 Å². The van der Waals surface area contributed by atoms with Gasteiger partial charge in [-0.15, -0.1) is 0 Å². The van der Waals surface area contributed by atoms with Gasteiger partial charge in [-0.3, -0.25) is 9.59 Å². The van der Waals surface area contributed by atoms with E-state index in [1.54, 1.807) is 6.92 Å². The Labute approximate surface area is 152 Å². The summed E-state index contributed by atoms with van der Waals surface area (Å²) in [5.74, 6) is -1.18. The number of hydrogen-bond donors (Lipinski definition) is 0. The van der Waals surface area contributed by atoms with E-state index < -0.39 is 48.2 Å². The number of aromatic nitrogens is 2. The number of hydrogen-bond acceptors (Lipinski definition) is 6. The van der Waals surface area contributed by atoms with Crippen LogP contribution in [0.1, 0.15) is 32.6 Å². The lowest BCUT2D eigenvalue weighted by Crippen LogP contribution is -2.38. The number of rotatable bonds is 3. The van der Waals surface area contributed by atoms with Crippen LogP contribution in [0.2, 0.25) is 0 Å². The van der Waals surface area contributed by atoms with Crippen molar-refractivity contribution in [3.63, 3.8) is 0 Å². The highest BCUT2D eigenvalue weighted by Gasteiger charge is 2.48.